The van der Waals surface area contributed by atoms with Gasteiger partial charge < -0.3 is 9.84 Å². The standard InChI is InChI=1S/C15H17N5O4/c1-8(21)4-13-14(22)20(15(23)17-13)11-5-16-19(6-11)7-12-9(2)18-24-10(12)3/h5-6,13H,4,7H2,1-3H3,(H,17,23). The van der Waals surface area contributed by atoms with Crippen LogP contribution < -0.4 is 10.2 Å². The minimum Gasteiger partial charge on any atom is -0.361 e. The molecule has 0 aromatic carbocycles. The SMILES string of the molecule is CC(=O)CC1NC(=O)N(c2cnn(Cc3c(C)noc3C)c2)C1=O. The highest BCUT2D eigenvalue weighted by Gasteiger charge is 2.40. The summed E-state index contributed by atoms with van der Waals surface area (Å²) in [6.07, 6.45) is 3.01. The molecular weight excluding hydrogens is 314 g/mol. The smallest absolute Gasteiger partial charge is 0.329 e. The zero-order valence-electron chi connectivity index (χ0n) is 13.6. The average Bonchev–Trinajstić information content (AvgIpc) is 3.15. The first-order valence-corrected chi connectivity index (χ1v) is 7.45. The van der Waals surface area contributed by atoms with Crippen LogP contribution in [-0.2, 0) is 16.1 Å². The fraction of sp³-hybridized carbons (Fsp3) is 0.400. The second kappa shape index (κ2) is 5.91. The third-order valence-electron chi connectivity index (χ3n) is 3.89. The van der Waals surface area contributed by atoms with Crippen LogP contribution in [0.5, 0.6) is 0 Å². The molecule has 3 amide bonds. The quantitative estimate of drug-likeness (QED) is 0.816. The molecule has 0 aliphatic carbocycles. The molecule has 1 fully saturated rings. The van der Waals surface area contributed by atoms with E-state index in [-0.39, 0.29) is 12.2 Å². The molecule has 0 bridgehead atoms. The number of ketones is 1. The van der Waals surface area contributed by atoms with Gasteiger partial charge in [-0.3, -0.25) is 14.3 Å². The fourth-order valence-corrected chi connectivity index (χ4v) is 2.65. The Morgan fingerprint density at radius 1 is 1.38 bits per heavy atom. The van der Waals surface area contributed by atoms with E-state index >= 15 is 0 Å². The maximum absolute atomic E-state index is 12.3. The minimum absolute atomic E-state index is 0.0196. The first kappa shape index (κ1) is 15.9. The average molecular weight is 331 g/mol. The molecule has 2 aromatic heterocycles. The third-order valence-corrected chi connectivity index (χ3v) is 3.89. The van der Waals surface area contributed by atoms with Gasteiger partial charge in [-0.2, -0.15) is 5.10 Å². The van der Waals surface area contributed by atoms with Gasteiger partial charge in [0.25, 0.3) is 5.91 Å². The van der Waals surface area contributed by atoms with E-state index in [0.29, 0.717) is 18.0 Å². The van der Waals surface area contributed by atoms with E-state index in [9.17, 15) is 14.4 Å². The van der Waals surface area contributed by atoms with E-state index < -0.39 is 18.0 Å². The third kappa shape index (κ3) is 2.80. The number of amides is 3. The van der Waals surface area contributed by atoms with Gasteiger partial charge in [-0.15, -0.1) is 0 Å². The number of nitrogens with zero attached hydrogens (tertiary/aromatic N) is 4. The molecule has 126 valence electrons. The van der Waals surface area contributed by atoms with Gasteiger partial charge >= 0.3 is 6.03 Å². The van der Waals surface area contributed by atoms with Crippen molar-refractivity contribution in [3.63, 3.8) is 0 Å². The molecule has 0 saturated carbocycles. The second-order valence-electron chi connectivity index (χ2n) is 5.78. The van der Waals surface area contributed by atoms with Gasteiger partial charge in [0.15, 0.2) is 0 Å². The van der Waals surface area contributed by atoms with Crippen LogP contribution in [0.25, 0.3) is 0 Å². The molecule has 1 N–H and O–H groups in total. The van der Waals surface area contributed by atoms with Crippen molar-refractivity contribution in [3.8, 4) is 0 Å². The maximum atomic E-state index is 12.3. The Labute approximate surface area is 137 Å². The molecule has 1 atom stereocenters. The molecule has 1 unspecified atom stereocenters. The molecule has 0 spiro atoms. The number of nitrogens with one attached hydrogen (secondary N) is 1. The summed E-state index contributed by atoms with van der Waals surface area (Å²) in [5, 5.41) is 10.6. The van der Waals surface area contributed by atoms with Crippen molar-refractivity contribution >= 4 is 23.4 Å². The summed E-state index contributed by atoms with van der Waals surface area (Å²) < 4.78 is 6.71. The van der Waals surface area contributed by atoms with Gasteiger partial charge in [-0.1, -0.05) is 5.16 Å². The largest absolute Gasteiger partial charge is 0.361 e. The van der Waals surface area contributed by atoms with Gasteiger partial charge in [-0.25, -0.2) is 9.69 Å². The predicted octanol–water partition coefficient (Wildman–Crippen LogP) is 0.940. The lowest BCUT2D eigenvalue weighted by Gasteiger charge is -2.09. The number of carbonyl (C=O) groups excluding carboxylic acids is 3. The first-order chi connectivity index (χ1) is 11.4. The van der Waals surface area contributed by atoms with Crippen LogP contribution in [0.2, 0.25) is 0 Å². The summed E-state index contributed by atoms with van der Waals surface area (Å²) >= 11 is 0. The number of urea groups is 1. The Morgan fingerprint density at radius 3 is 2.75 bits per heavy atom. The molecule has 1 saturated heterocycles. The van der Waals surface area contributed by atoms with Crippen molar-refractivity contribution in [2.24, 2.45) is 0 Å². The topological polar surface area (TPSA) is 110 Å². The Kier molecular flexibility index (Phi) is 3.92. The van der Waals surface area contributed by atoms with Crippen molar-refractivity contribution < 1.29 is 18.9 Å². The molecule has 24 heavy (non-hydrogen) atoms. The maximum Gasteiger partial charge on any atom is 0.329 e. The summed E-state index contributed by atoms with van der Waals surface area (Å²) in [6, 6.07) is -1.37. The van der Waals surface area contributed by atoms with Crippen LogP contribution in [0, 0.1) is 13.8 Å². The van der Waals surface area contributed by atoms with Crippen LogP contribution in [0.4, 0.5) is 10.5 Å². The van der Waals surface area contributed by atoms with Crippen molar-refractivity contribution in [1.29, 1.82) is 0 Å². The number of hydrogen-bond donors (Lipinski definition) is 1. The van der Waals surface area contributed by atoms with E-state index in [2.05, 4.69) is 15.6 Å². The second-order valence-corrected chi connectivity index (χ2v) is 5.78. The van der Waals surface area contributed by atoms with Crippen LogP contribution in [0.15, 0.2) is 16.9 Å². The molecule has 2 aromatic rings. The predicted molar refractivity (Wildman–Crippen MR) is 82.4 cm³/mol. The summed E-state index contributed by atoms with van der Waals surface area (Å²) in [7, 11) is 0. The number of anilines is 1. The lowest BCUT2D eigenvalue weighted by molar-refractivity contribution is -0.123. The summed E-state index contributed by atoms with van der Waals surface area (Å²) in [5.41, 5.74) is 2.02. The molecule has 3 rings (SSSR count). The number of aryl methyl sites for hydroxylation is 2. The number of hydrogen-bond acceptors (Lipinski definition) is 6. The first-order valence-electron chi connectivity index (χ1n) is 7.45. The van der Waals surface area contributed by atoms with Crippen LogP contribution in [-0.4, -0.2) is 38.7 Å². The summed E-state index contributed by atoms with van der Waals surface area (Å²) in [4.78, 5) is 36.5. The van der Waals surface area contributed by atoms with Crippen LogP contribution in [0.1, 0.15) is 30.4 Å². The lowest BCUT2D eigenvalue weighted by atomic mass is 10.1. The Hall–Kier alpha value is -2.97. The summed E-state index contributed by atoms with van der Waals surface area (Å²) in [6.45, 7) is 5.44. The van der Waals surface area contributed by atoms with E-state index in [1.807, 2.05) is 13.8 Å². The minimum atomic E-state index is -0.819. The van der Waals surface area contributed by atoms with Gasteiger partial charge in [0.05, 0.1) is 24.1 Å². The molecule has 1 aliphatic rings. The van der Waals surface area contributed by atoms with E-state index in [0.717, 1.165) is 16.2 Å². The van der Waals surface area contributed by atoms with Gasteiger partial charge in [0, 0.05) is 18.2 Å². The molecule has 3 heterocycles. The number of imide groups is 1. The lowest BCUT2D eigenvalue weighted by Crippen LogP contribution is -2.32. The van der Waals surface area contributed by atoms with Gasteiger partial charge in [-0.05, 0) is 20.8 Å². The number of aromatic nitrogens is 3. The van der Waals surface area contributed by atoms with Gasteiger partial charge in [0.1, 0.15) is 17.6 Å². The van der Waals surface area contributed by atoms with Gasteiger partial charge in [0.2, 0.25) is 0 Å². The number of carbonyl (C=O) groups is 3. The normalized spacial score (nSPS) is 17.5. The number of rotatable bonds is 5. The van der Waals surface area contributed by atoms with Crippen LogP contribution >= 0.6 is 0 Å². The fourth-order valence-electron chi connectivity index (χ4n) is 2.65. The molecular formula is C15H17N5O4. The zero-order valence-corrected chi connectivity index (χ0v) is 13.6. The molecule has 9 nitrogen and oxygen atoms in total. The highest BCUT2D eigenvalue weighted by atomic mass is 16.5. The number of Topliss-reactive ketones (excluding diaryl/α,β-unsaturated/α-hetero) is 1. The van der Waals surface area contributed by atoms with Crippen LogP contribution in [0.3, 0.4) is 0 Å². The monoisotopic (exact) mass is 331 g/mol. The molecule has 1 aliphatic heterocycles. The Morgan fingerprint density at radius 2 is 2.12 bits per heavy atom. The van der Waals surface area contributed by atoms with E-state index in [4.69, 9.17) is 4.52 Å². The van der Waals surface area contributed by atoms with E-state index in [1.54, 1.807) is 10.9 Å². The van der Waals surface area contributed by atoms with Crippen molar-refractivity contribution in [2.45, 2.75) is 39.8 Å². The highest BCUT2D eigenvalue weighted by molar-refractivity contribution is 6.21. The Bertz CT molecular complexity index is 802. The molecule has 9 heteroatoms. The molecule has 0 radical (unpaired) electrons. The Balaban J connectivity index is 1.79. The summed E-state index contributed by atoms with van der Waals surface area (Å²) in [5.74, 6) is 0.0813. The zero-order chi connectivity index (χ0) is 17.4. The van der Waals surface area contributed by atoms with Crippen molar-refractivity contribution in [2.75, 3.05) is 4.90 Å². The van der Waals surface area contributed by atoms with Crippen molar-refractivity contribution in [1.82, 2.24) is 20.3 Å². The highest BCUT2D eigenvalue weighted by Crippen LogP contribution is 2.21. The van der Waals surface area contributed by atoms with Crippen molar-refractivity contribution in [3.05, 3.63) is 29.4 Å². The van der Waals surface area contributed by atoms with E-state index in [1.165, 1.54) is 13.1 Å².